The molecule has 1 aromatic carbocycles. The zero-order valence-corrected chi connectivity index (χ0v) is 13.9. The van der Waals surface area contributed by atoms with E-state index < -0.39 is 0 Å². The summed E-state index contributed by atoms with van der Waals surface area (Å²) in [6.45, 7) is 10.5. The summed E-state index contributed by atoms with van der Waals surface area (Å²) in [5.74, 6) is 0.574. The highest BCUT2D eigenvalue weighted by Gasteiger charge is 2.08. The van der Waals surface area contributed by atoms with Crippen LogP contribution < -0.4 is 0 Å². The molecule has 1 aromatic rings. The highest BCUT2D eigenvalue weighted by Crippen LogP contribution is 2.26. The minimum atomic E-state index is 0.574. The van der Waals surface area contributed by atoms with Gasteiger partial charge in [-0.2, -0.15) is 0 Å². The van der Waals surface area contributed by atoms with Crippen LogP contribution in [0, 0.1) is 5.92 Å². The first kappa shape index (κ1) is 17.5. The van der Waals surface area contributed by atoms with Crippen molar-refractivity contribution in [2.24, 2.45) is 5.92 Å². The van der Waals surface area contributed by atoms with Crippen molar-refractivity contribution in [3.8, 4) is 0 Å². The van der Waals surface area contributed by atoms with Gasteiger partial charge in [0.1, 0.15) is 0 Å². The van der Waals surface area contributed by atoms with Crippen molar-refractivity contribution in [2.75, 3.05) is 0 Å². The van der Waals surface area contributed by atoms with Crippen molar-refractivity contribution in [2.45, 2.75) is 52.9 Å². The molecule has 0 radical (unpaired) electrons. The number of benzene rings is 1. The van der Waals surface area contributed by atoms with Crippen LogP contribution in [0.5, 0.6) is 0 Å². The molecule has 0 nitrogen and oxygen atoms in total. The molecule has 0 saturated carbocycles. The van der Waals surface area contributed by atoms with Crippen LogP contribution in [0.2, 0.25) is 0 Å². The van der Waals surface area contributed by atoms with E-state index >= 15 is 0 Å². The van der Waals surface area contributed by atoms with Gasteiger partial charge in [-0.05, 0) is 41.9 Å². The molecule has 0 aliphatic heterocycles. The molecule has 0 heterocycles. The number of hydrogen-bond donors (Lipinski definition) is 0. The summed E-state index contributed by atoms with van der Waals surface area (Å²) >= 11 is 0. The predicted molar refractivity (Wildman–Crippen MR) is 96.4 cm³/mol. The summed E-state index contributed by atoms with van der Waals surface area (Å²) < 4.78 is 0. The van der Waals surface area contributed by atoms with Gasteiger partial charge in [-0.15, -0.1) is 0 Å². The van der Waals surface area contributed by atoms with Crippen molar-refractivity contribution < 1.29 is 0 Å². The van der Waals surface area contributed by atoms with E-state index in [9.17, 15) is 0 Å². The molecule has 0 N–H and O–H groups in total. The SMILES string of the molecule is C=CC=CC=C(c1ccc(CCCCC)cc1)C(C)CC. The van der Waals surface area contributed by atoms with Gasteiger partial charge in [0.15, 0.2) is 0 Å². The normalized spacial score (nSPS) is 13.6. The molecule has 1 unspecified atom stereocenters. The number of aryl methyl sites for hydroxylation is 1. The van der Waals surface area contributed by atoms with E-state index in [0.717, 1.165) is 6.42 Å². The van der Waals surface area contributed by atoms with Gasteiger partial charge in [0.25, 0.3) is 0 Å². The van der Waals surface area contributed by atoms with Gasteiger partial charge < -0.3 is 0 Å². The van der Waals surface area contributed by atoms with Crippen LogP contribution in [0.15, 0.2) is 55.1 Å². The Morgan fingerprint density at radius 1 is 1.10 bits per heavy atom. The highest BCUT2D eigenvalue weighted by atomic mass is 14.1. The maximum absolute atomic E-state index is 3.73. The molecule has 21 heavy (non-hydrogen) atoms. The van der Waals surface area contributed by atoms with Crippen molar-refractivity contribution in [3.05, 3.63) is 66.3 Å². The highest BCUT2D eigenvalue weighted by molar-refractivity contribution is 5.68. The third-order valence-corrected chi connectivity index (χ3v) is 4.02. The first-order valence-electron chi connectivity index (χ1n) is 8.31. The van der Waals surface area contributed by atoms with Crippen LogP contribution in [0.1, 0.15) is 57.6 Å². The Hall–Kier alpha value is -1.56. The topological polar surface area (TPSA) is 0 Å². The van der Waals surface area contributed by atoms with Crippen LogP contribution >= 0.6 is 0 Å². The summed E-state index contributed by atoms with van der Waals surface area (Å²) in [5, 5.41) is 0. The van der Waals surface area contributed by atoms with Crippen molar-refractivity contribution in [1.82, 2.24) is 0 Å². The summed E-state index contributed by atoms with van der Waals surface area (Å²) in [5.41, 5.74) is 4.21. The summed E-state index contributed by atoms with van der Waals surface area (Å²) in [6, 6.07) is 9.14. The van der Waals surface area contributed by atoms with E-state index in [0.29, 0.717) is 5.92 Å². The molecule has 114 valence electrons. The van der Waals surface area contributed by atoms with Crippen LogP contribution in [-0.4, -0.2) is 0 Å². The zero-order valence-electron chi connectivity index (χ0n) is 13.9. The Balaban J connectivity index is 2.85. The molecule has 0 heteroatoms. The predicted octanol–water partition coefficient (Wildman–Crippen LogP) is 6.59. The summed E-state index contributed by atoms with van der Waals surface area (Å²) in [6.07, 6.45) is 14.4. The standard InChI is InChI=1S/C21H30/c1-5-8-10-12-19-14-16-20(17-15-19)21(18(4)7-3)13-11-9-6-2/h6,9,11,13-18H,2,5,7-8,10,12H2,1,3-4H3. The molecule has 0 aliphatic rings. The molecule has 1 rings (SSSR count). The number of hydrogen-bond acceptors (Lipinski definition) is 0. The molecule has 0 saturated heterocycles. The molecule has 0 bridgehead atoms. The summed E-state index contributed by atoms with van der Waals surface area (Å²) in [7, 11) is 0. The van der Waals surface area contributed by atoms with Crippen molar-refractivity contribution >= 4 is 5.57 Å². The number of rotatable bonds is 9. The fourth-order valence-electron chi connectivity index (χ4n) is 2.45. The van der Waals surface area contributed by atoms with E-state index in [2.05, 4.69) is 63.8 Å². The third-order valence-electron chi connectivity index (χ3n) is 4.02. The Kier molecular flexibility index (Phi) is 8.50. The number of unbranched alkanes of at least 4 members (excludes halogenated alkanes) is 2. The average molecular weight is 282 g/mol. The minimum absolute atomic E-state index is 0.574. The Morgan fingerprint density at radius 3 is 2.38 bits per heavy atom. The molecule has 0 aromatic heterocycles. The van der Waals surface area contributed by atoms with Crippen LogP contribution in [0.4, 0.5) is 0 Å². The first-order chi connectivity index (χ1) is 10.2. The van der Waals surface area contributed by atoms with Crippen LogP contribution in [0.25, 0.3) is 5.57 Å². The van der Waals surface area contributed by atoms with Gasteiger partial charge in [0.05, 0.1) is 0 Å². The van der Waals surface area contributed by atoms with E-state index in [-0.39, 0.29) is 0 Å². The molecule has 0 fully saturated rings. The lowest BCUT2D eigenvalue weighted by Gasteiger charge is -2.15. The lowest BCUT2D eigenvalue weighted by molar-refractivity contribution is 0.714. The molecular weight excluding hydrogens is 252 g/mol. The number of allylic oxidation sites excluding steroid dienone is 5. The second-order valence-electron chi connectivity index (χ2n) is 5.71. The van der Waals surface area contributed by atoms with Gasteiger partial charge in [-0.3, -0.25) is 0 Å². The van der Waals surface area contributed by atoms with Crippen molar-refractivity contribution in [3.63, 3.8) is 0 Å². The second kappa shape index (κ2) is 10.2. The molecule has 0 aliphatic carbocycles. The smallest absolute Gasteiger partial charge is 0.0187 e. The van der Waals surface area contributed by atoms with Crippen molar-refractivity contribution in [1.29, 1.82) is 0 Å². The summed E-state index contributed by atoms with van der Waals surface area (Å²) in [4.78, 5) is 0. The van der Waals surface area contributed by atoms with Gasteiger partial charge in [0.2, 0.25) is 0 Å². The largest absolute Gasteiger partial charge is 0.0991 e. The fraction of sp³-hybridized carbons (Fsp3) is 0.429. The molecule has 0 spiro atoms. The maximum atomic E-state index is 3.73. The van der Waals surface area contributed by atoms with Gasteiger partial charge in [-0.25, -0.2) is 0 Å². The lowest BCUT2D eigenvalue weighted by atomic mass is 9.90. The van der Waals surface area contributed by atoms with Crippen LogP contribution in [-0.2, 0) is 6.42 Å². The van der Waals surface area contributed by atoms with Gasteiger partial charge in [-0.1, -0.05) is 88.8 Å². The zero-order chi connectivity index (χ0) is 15.5. The second-order valence-corrected chi connectivity index (χ2v) is 5.71. The van der Waals surface area contributed by atoms with E-state index in [4.69, 9.17) is 0 Å². The Morgan fingerprint density at radius 2 is 1.81 bits per heavy atom. The molecule has 1 atom stereocenters. The van der Waals surface area contributed by atoms with Gasteiger partial charge >= 0.3 is 0 Å². The van der Waals surface area contributed by atoms with Gasteiger partial charge in [0, 0.05) is 0 Å². The third kappa shape index (κ3) is 6.16. The lowest BCUT2D eigenvalue weighted by Crippen LogP contribution is -1.97. The van der Waals surface area contributed by atoms with E-state index in [1.165, 1.54) is 42.4 Å². The first-order valence-corrected chi connectivity index (χ1v) is 8.31. The molecular formula is C21H30. The maximum Gasteiger partial charge on any atom is -0.0187 e. The minimum Gasteiger partial charge on any atom is -0.0991 e. The molecule has 0 amide bonds. The Labute approximate surface area is 131 Å². The van der Waals surface area contributed by atoms with E-state index in [1.54, 1.807) is 0 Å². The quantitative estimate of drug-likeness (QED) is 0.354. The van der Waals surface area contributed by atoms with Crippen LogP contribution in [0.3, 0.4) is 0 Å². The van der Waals surface area contributed by atoms with E-state index in [1.807, 2.05) is 12.2 Å². The monoisotopic (exact) mass is 282 g/mol. The average Bonchev–Trinajstić information content (AvgIpc) is 2.52. The fourth-order valence-corrected chi connectivity index (χ4v) is 2.45. The Bertz CT molecular complexity index is 459.